The van der Waals surface area contributed by atoms with Gasteiger partial charge >= 0.3 is 0 Å². The van der Waals surface area contributed by atoms with Gasteiger partial charge in [0.2, 0.25) is 0 Å². The molecule has 0 aromatic heterocycles. The summed E-state index contributed by atoms with van der Waals surface area (Å²) in [7, 11) is 0. The molecule has 0 spiro atoms. The van der Waals surface area contributed by atoms with Crippen LogP contribution in [0.4, 0.5) is 0 Å². The van der Waals surface area contributed by atoms with E-state index in [1.807, 2.05) is 0 Å². The van der Waals surface area contributed by atoms with Crippen molar-refractivity contribution in [1.82, 2.24) is 0 Å². The molecule has 0 amide bonds. The number of hydrogen-bond acceptors (Lipinski definition) is 1. The molecule has 0 heterocycles. The lowest BCUT2D eigenvalue weighted by Gasteiger charge is -2.29. The number of unbranched alkanes of at least 4 members (excludes halogenated alkanes) is 1. The molecule has 0 bridgehead atoms. The molecule has 0 rings (SSSR count). The van der Waals surface area contributed by atoms with Gasteiger partial charge in [-0.1, -0.05) is 45.3 Å². The number of rotatable bonds is 6. The van der Waals surface area contributed by atoms with Crippen molar-refractivity contribution >= 4 is 0 Å². The molecule has 0 aliphatic heterocycles. The molecule has 0 aliphatic rings. The van der Waals surface area contributed by atoms with Crippen molar-refractivity contribution in [3.05, 3.63) is 11.6 Å². The summed E-state index contributed by atoms with van der Waals surface area (Å²) in [5.74, 6) is 0. The minimum Gasteiger partial charge on any atom is -0.393 e. The van der Waals surface area contributed by atoms with Gasteiger partial charge in [0.05, 0.1) is 6.10 Å². The molecule has 1 nitrogen and oxygen atoms in total. The van der Waals surface area contributed by atoms with E-state index in [4.69, 9.17) is 0 Å². The van der Waals surface area contributed by atoms with Gasteiger partial charge in [-0.25, -0.2) is 0 Å². The highest BCUT2D eigenvalue weighted by molar-refractivity contribution is 4.97. The Morgan fingerprint density at radius 3 is 2.36 bits per heavy atom. The van der Waals surface area contributed by atoms with E-state index in [-0.39, 0.29) is 11.5 Å². The molecule has 0 fully saturated rings. The van der Waals surface area contributed by atoms with Crippen molar-refractivity contribution in [3.8, 4) is 0 Å². The highest BCUT2D eigenvalue weighted by atomic mass is 16.3. The Bertz CT molecular complexity index is 176. The first-order valence-electron chi connectivity index (χ1n) is 5.71. The normalized spacial score (nSPS) is 13.9. The molecule has 0 saturated heterocycles. The van der Waals surface area contributed by atoms with Crippen molar-refractivity contribution in [2.24, 2.45) is 5.41 Å². The van der Waals surface area contributed by atoms with Crippen LogP contribution in [0.15, 0.2) is 11.6 Å². The smallest absolute Gasteiger partial charge is 0.0594 e. The predicted molar refractivity (Wildman–Crippen MR) is 63.4 cm³/mol. The highest BCUT2D eigenvalue weighted by Gasteiger charge is 2.25. The Morgan fingerprint density at radius 2 is 1.93 bits per heavy atom. The maximum Gasteiger partial charge on any atom is 0.0594 e. The zero-order valence-corrected chi connectivity index (χ0v) is 10.4. The monoisotopic (exact) mass is 198 g/mol. The Labute approximate surface area is 89.2 Å². The molecule has 84 valence electrons. The first-order valence-corrected chi connectivity index (χ1v) is 5.71. The van der Waals surface area contributed by atoms with Gasteiger partial charge in [-0.15, -0.1) is 0 Å². The number of allylic oxidation sites excluding steroid dienone is 2. The summed E-state index contributed by atoms with van der Waals surface area (Å²) in [5, 5.41) is 9.99. The quantitative estimate of drug-likeness (QED) is 0.641. The average molecular weight is 198 g/mol. The zero-order valence-electron chi connectivity index (χ0n) is 10.4. The lowest BCUT2D eigenvalue weighted by Crippen LogP contribution is -2.28. The molecule has 1 heteroatoms. The first-order chi connectivity index (χ1) is 6.40. The number of aliphatic hydroxyl groups is 1. The fraction of sp³-hybridized carbons (Fsp3) is 0.846. The standard InChI is InChI=1S/C13H26O/c1-6-7-8-12(14)13(4,5)10-9-11(2)3/h9,12,14H,6-8,10H2,1-5H3. The number of aliphatic hydroxyl groups excluding tert-OH is 1. The third-order valence-electron chi connectivity index (χ3n) is 2.77. The Morgan fingerprint density at radius 1 is 1.36 bits per heavy atom. The van der Waals surface area contributed by atoms with E-state index in [2.05, 4.69) is 40.7 Å². The van der Waals surface area contributed by atoms with Crippen molar-refractivity contribution in [2.75, 3.05) is 0 Å². The lowest BCUT2D eigenvalue weighted by atomic mass is 9.80. The number of hydrogen-bond donors (Lipinski definition) is 1. The topological polar surface area (TPSA) is 20.2 Å². The molecule has 14 heavy (non-hydrogen) atoms. The van der Waals surface area contributed by atoms with Crippen molar-refractivity contribution in [3.63, 3.8) is 0 Å². The molecule has 0 aromatic rings. The zero-order chi connectivity index (χ0) is 11.2. The first kappa shape index (κ1) is 13.7. The van der Waals surface area contributed by atoms with Crippen LogP contribution in [0.3, 0.4) is 0 Å². The predicted octanol–water partition coefficient (Wildman–Crippen LogP) is 3.92. The summed E-state index contributed by atoms with van der Waals surface area (Å²) in [5.41, 5.74) is 1.35. The van der Waals surface area contributed by atoms with Gasteiger partial charge in [0, 0.05) is 0 Å². The second-order valence-electron chi connectivity index (χ2n) is 5.13. The maximum absolute atomic E-state index is 9.99. The molecule has 0 aliphatic carbocycles. The van der Waals surface area contributed by atoms with E-state index >= 15 is 0 Å². The van der Waals surface area contributed by atoms with Gasteiger partial charge < -0.3 is 5.11 Å². The van der Waals surface area contributed by atoms with Crippen LogP contribution in [0.5, 0.6) is 0 Å². The minimum atomic E-state index is -0.168. The molecule has 0 saturated carbocycles. The molecule has 1 atom stereocenters. The third kappa shape index (κ3) is 5.43. The van der Waals surface area contributed by atoms with Crippen LogP contribution in [0.1, 0.15) is 60.3 Å². The molecular weight excluding hydrogens is 172 g/mol. The Balaban J connectivity index is 4.08. The van der Waals surface area contributed by atoms with E-state index in [1.165, 1.54) is 5.57 Å². The van der Waals surface area contributed by atoms with Crippen molar-refractivity contribution in [2.45, 2.75) is 66.4 Å². The van der Waals surface area contributed by atoms with E-state index < -0.39 is 0 Å². The van der Waals surface area contributed by atoms with Crippen LogP contribution in [-0.2, 0) is 0 Å². The summed E-state index contributed by atoms with van der Waals surface area (Å²) in [6, 6.07) is 0. The summed E-state index contributed by atoms with van der Waals surface area (Å²) >= 11 is 0. The van der Waals surface area contributed by atoms with Crippen molar-refractivity contribution in [1.29, 1.82) is 0 Å². The molecule has 1 unspecified atom stereocenters. The minimum absolute atomic E-state index is 0.0203. The van der Waals surface area contributed by atoms with Gasteiger partial charge in [0.25, 0.3) is 0 Å². The van der Waals surface area contributed by atoms with Gasteiger partial charge in [-0.2, -0.15) is 0 Å². The van der Waals surface area contributed by atoms with E-state index in [1.54, 1.807) is 0 Å². The highest BCUT2D eigenvalue weighted by Crippen LogP contribution is 2.29. The second kappa shape index (κ2) is 6.23. The van der Waals surface area contributed by atoms with Crippen LogP contribution in [-0.4, -0.2) is 11.2 Å². The van der Waals surface area contributed by atoms with Gasteiger partial charge in [-0.05, 0) is 32.1 Å². The Hall–Kier alpha value is -0.300. The SMILES string of the molecule is CCCCC(O)C(C)(C)CC=C(C)C. The summed E-state index contributed by atoms with van der Waals surface area (Å²) in [6.07, 6.45) is 6.24. The van der Waals surface area contributed by atoms with E-state index in [9.17, 15) is 5.11 Å². The molecule has 0 aromatic carbocycles. The van der Waals surface area contributed by atoms with Gasteiger partial charge in [0.1, 0.15) is 0 Å². The third-order valence-corrected chi connectivity index (χ3v) is 2.77. The fourth-order valence-electron chi connectivity index (χ4n) is 1.39. The van der Waals surface area contributed by atoms with Crippen LogP contribution in [0.25, 0.3) is 0 Å². The summed E-state index contributed by atoms with van der Waals surface area (Å²) in [4.78, 5) is 0. The second-order valence-corrected chi connectivity index (χ2v) is 5.13. The maximum atomic E-state index is 9.99. The summed E-state index contributed by atoms with van der Waals surface area (Å²) in [6.45, 7) is 10.7. The lowest BCUT2D eigenvalue weighted by molar-refractivity contribution is 0.0432. The average Bonchev–Trinajstić information content (AvgIpc) is 2.11. The van der Waals surface area contributed by atoms with Crippen LogP contribution < -0.4 is 0 Å². The van der Waals surface area contributed by atoms with Crippen molar-refractivity contribution < 1.29 is 5.11 Å². The summed E-state index contributed by atoms with van der Waals surface area (Å²) < 4.78 is 0. The van der Waals surface area contributed by atoms with Gasteiger partial charge in [0.15, 0.2) is 0 Å². The van der Waals surface area contributed by atoms with Crippen LogP contribution >= 0.6 is 0 Å². The van der Waals surface area contributed by atoms with E-state index in [0.29, 0.717) is 0 Å². The fourth-order valence-corrected chi connectivity index (χ4v) is 1.39. The largest absolute Gasteiger partial charge is 0.393 e. The van der Waals surface area contributed by atoms with Gasteiger partial charge in [-0.3, -0.25) is 0 Å². The van der Waals surface area contributed by atoms with Crippen LogP contribution in [0.2, 0.25) is 0 Å². The molecule has 1 N–H and O–H groups in total. The molecule has 0 radical (unpaired) electrons. The molecular formula is C13H26O. The van der Waals surface area contributed by atoms with E-state index in [0.717, 1.165) is 25.7 Å². The van der Waals surface area contributed by atoms with Crippen LogP contribution in [0, 0.1) is 5.41 Å². The Kier molecular flexibility index (Phi) is 6.10.